The highest BCUT2D eigenvalue weighted by Crippen LogP contribution is 2.15. The Bertz CT molecular complexity index is 153. The lowest BCUT2D eigenvalue weighted by molar-refractivity contribution is -0.117. The molecule has 0 aromatic carbocycles. The Labute approximate surface area is 80.7 Å². The van der Waals surface area contributed by atoms with Gasteiger partial charge in [0.25, 0.3) is 0 Å². The summed E-state index contributed by atoms with van der Waals surface area (Å²) in [6.07, 6.45) is 3.52. The van der Waals surface area contributed by atoms with Gasteiger partial charge in [-0.05, 0) is 31.8 Å². The first kappa shape index (κ1) is 10.5. The van der Waals surface area contributed by atoms with Gasteiger partial charge in [0, 0.05) is 20.1 Å². The SMILES string of the molecule is CC1CCN(CCN(C)C=O)CC1. The highest BCUT2D eigenvalue weighted by molar-refractivity contribution is 5.46. The van der Waals surface area contributed by atoms with Crippen LogP contribution < -0.4 is 0 Å². The van der Waals surface area contributed by atoms with Crippen LogP contribution in [0.25, 0.3) is 0 Å². The lowest BCUT2D eigenvalue weighted by atomic mass is 9.99. The molecule has 1 aliphatic rings. The normalized spacial score (nSPS) is 20.2. The average Bonchev–Trinajstić information content (AvgIpc) is 2.16. The second-order valence-corrected chi connectivity index (χ2v) is 4.11. The van der Waals surface area contributed by atoms with Gasteiger partial charge in [-0.25, -0.2) is 0 Å². The summed E-state index contributed by atoms with van der Waals surface area (Å²) in [5.41, 5.74) is 0. The van der Waals surface area contributed by atoms with Crippen LogP contribution in [0.2, 0.25) is 0 Å². The summed E-state index contributed by atoms with van der Waals surface area (Å²) in [5, 5.41) is 0. The van der Waals surface area contributed by atoms with Gasteiger partial charge in [-0.2, -0.15) is 0 Å². The molecule has 0 radical (unpaired) electrons. The van der Waals surface area contributed by atoms with E-state index in [4.69, 9.17) is 0 Å². The molecule has 76 valence electrons. The van der Waals surface area contributed by atoms with Crippen molar-refractivity contribution in [3.05, 3.63) is 0 Å². The zero-order valence-corrected chi connectivity index (χ0v) is 8.70. The highest BCUT2D eigenvalue weighted by atomic mass is 16.1. The smallest absolute Gasteiger partial charge is 0.209 e. The summed E-state index contributed by atoms with van der Waals surface area (Å²) in [6.45, 7) is 6.61. The molecule has 0 bridgehead atoms. The molecule has 3 heteroatoms. The molecule has 1 heterocycles. The Morgan fingerprint density at radius 2 is 2.08 bits per heavy atom. The molecule has 0 aromatic heterocycles. The average molecular weight is 184 g/mol. The summed E-state index contributed by atoms with van der Waals surface area (Å²) in [7, 11) is 1.83. The van der Waals surface area contributed by atoms with Crippen molar-refractivity contribution >= 4 is 6.41 Å². The van der Waals surface area contributed by atoms with E-state index in [0.717, 1.165) is 25.4 Å². The highest BCUT2D eigenvalue weighted by Gasteiger charge is 2.14. The minimum atomic E-state index is 0.859. The van der Waals surface area contributed by atoms with E-state index in [1.165, 1.54) is 25.9 Å². The van der Waals surface area contributed by atoms with Gasteiger partial charge in [0.1, 0.15) is 0 Å². The van der Waals surface area contributed by atoms with Crippen molar-refractivity contribution in [3.8, 4) is 0 Å². The first-order valence-electron chi connectivity index (χ1n) is 5.10. The standard InChI is InChI=1S/C10H20N2O/c1-10-3-5-12(6-4-10)8-7-11(2)9-13/h9-10H,3-8H2,1-2H3. The number of carbonyl (C=O) groups is 1. The molecule has 0 aliphatic carbocycles. The van der Waals surface area contributed by atoms with Gasteiger partial charge in [0.15, 0.2) is 0 Å². The fourth-order valence-corrected chi connectivity index (χ4v) is 1.64. The Morgan fingerprint density at radius 3 is 2.62 bits per heavy atom. The zero-order chi connectivity index (χ0) is 9.68. The van der Waals surface area contributed by atoms with Gasteiger partial charge in [-0.1, -0.05) is 6.92 Å². The van der Waals surface area contributed by atoms with Crippen LogP contribution in [-0.4, -0.2) is 49.4 Å². The maximum Gasteiger partial charge on any atom is 0.209 e. The minimum absolute atomic E-state index is 0.859. The second-order valence-electron chi connectivity index (χ2n) is 4.11. The molecule has 0 N–H and O–H groups in total. The number of hydrogen-bond donors (Lipinski definition) is 0. The van der Waals surface area contributed by atoms with Gasteiger partial charge >= 0.3 is 0 Å². The molecule has 1 saturated heterocycles. The van der Waals surface area contributed by atoms with Crippen LogP contribution in [-0.2, 0) is 4.79 Å². The Morgan fingerprint density at radius 1 is 1.46 bits per heavy atom. The quantitative estimate of drug-likeness (QED) is 0.604. The van der Waals surface area contributed by atoms with Crippen LogP contribution in [0.1, 0.15) is 19.8 Å². The van der Waals surface area contributed by atoms with Gasteiger partial charge < -0.3 is 9.80 Å². The molecule has 1 amide bonds. The largest absolute Gasteiger partial charge is 0.347 e. The number of likely N-dealkylation sites (N-methyl/N-ethyl adjacent to an activating group) is 1. The van der Waals surface area contributed by atoms with Crippen molar-refractivity contribution in [3.63, 3.8) is 0 Å². The zero-order valence-electron chi connectivity index (χ0n) is 8.70. The van der Waals surface area contributed by atoms with Crippen LogP contribution in [0.3, 0.4) is 0 Å². The molecular formula is C10H20N2O. The first-order valence-corrected chi connectivity index (χ1v) is 5.10. The van der Waals surface area contributed by atoms with Crippen LogP contribution in [0.15, 0.2) is 0 Å². The number of likely N-dealkylation sites (tertiary alicyclic amines) is 1. The monoisotopic (exact) mass is 184 g/mol. The molecular weight excluding hydrogens is 164 g/mol. The summed E-state index contributed by atoms with van der Waals surface area (Å²) in [5.74, 6) is 0.889. The summed E-state index contributed by atoms with van der Waals surface area (Å²) in [4.78, 5) is 14.5. The predicted octanol–water partition coefficient (Wildman–Crippen LogP) is 0.807. The van der Waals surface area contributed by atoms with Crippen molar-refractivity contribution in [2.75, 3.05) is 33.2 Å². The molecule has 0 spiro atoms. The topological polar surface area (TPSA) is 23.6 Å². The molecule has 1 fully saturated rings. The first-order chi connectivity index (χ1) is 6.22. The number of hydrogen-bond acceptors (Lipinski definition) is 2. The van der Waals surface area contributed by atoms with Gasteiger partial charge in [-0.15, -0.1) is 0 Å². The van der Waals surface area contributed by atoms with E-state index < -0.39 is 0 Å². The van der Waals surface area contributed by atoms with E-state index in [0.29, 0.717) is 0 Å². The lowest BCUT2D eigenvalue weighted by Crippen LogP contribution is -2.38. The Kier molecular flexibility index (Phi) is 4.22. The maximum absolute atomic E-state index is 10.3. The molecule has 1 aliphatic heterocycles. The van der Waals surface area contributed by atoms with Crippen molar-refractivity contribution in [1.82, 2.24) is 9.80 Å². The van der Waals surface area contributed by atoms with Crippen molar-refractivity contribution in [2.24, 2.45) is 5.92 Å². The third-order valence-corrected chi connectivity index (χ3v) is 2.83. The van der Waals surface area contributed by atoms with Gasteiger partial charge in [-0.3, -0.25) is 4.79 Å². The third-order valence-electron chi connectivity index (χ3n) is 2.83. The predicted molar refractivity (Wildman–Crippen MR) is 53.5 cm³/mol. The maximum atomic E-state index is 10.3. The number of rotatable bonds is 4. The molecule has 3 nitrogen and oxygen atoms in total. The van der Waals surface area contributed by atoms with E-state index in [1.54, 1.807) is 4.90 Å². The number of amides is 1. The van der Waals surface area contributed by atoms with Crippen molar-refractivity contribution in [1.29, 1.82) is 0 Å². The van der Waals surface area contributed by atoms with Crippen LogP contribution in [0.5, 0.6) is 0 Å². The number of piperidine rings is 1. The summed E-state index contributed by atoms with van der Waals surface area (Å²) in [6, 6.07) is 0. The fourth-order valence-electron chi connectivity index (χ4n) is 1.64. The summed E-state index contributed by atoms with van der Waals surface area (Å²) >= 11 is 0. The fraction of sp³-hybridized carbons (Fsp3) is 0.900. The molecule has 0 aromatic rings. The van der Waals surface area contributed by atoms with Gasteiger partial charge in [0.2, 0.25) is 6.41 Å². The molecule has 13 heavy (non-hydrogen) atoms. The van der Waals surface area contributed by atoms with Gasteiger partial charge in [0.05, 0.1) is 0 Å². The molecule has 1 rings (SSSR count). The van der Waals surface area contributed by atoms with Crippen LogP contribution in [0.4, 0.5) is 0 Å². The molecule has 0 atom stereocenters. The van der Waals surface area contributed by atoms with Crippen LogP contribution in [0, 0.1) is 5.92 Å². The molecule has 0 saturated carbocycles. The number of carbonyl (C=O) groups excluding carboxylic acids is 1. The van der Waals surface area contributed by atoms with E-state index in [-0.39, 0.29) is 0 Å². The second kappa shape index (κ2) is 5.22. The summed E-state index contributed by atoms with van der Waals surface area (Å²) < 4.78 is 0. The Balaban J connectivity index is 2.12. The lowest BCUT2D eigenvalue weighted by Gasteiger charge is -2.30. The van der Waals surface area contributed by atoms with E-state index in [9.17, 15) is 4.79 Å². The Hall–Kier alpha value is -0.570. The van der Waals surface area contributed by atoms with E-state index in [1.807, 2.05) is 7.05 Å². The minimum Gasteiger partial charge on any atom is -0.347 e. The van der Waals surface area contributed by atoms with Crippen molar-refractivity contribution < 1.29 is 4.79 Å². The van der Waals surface area contributed by atoms with Crippen LogP contribution >= 0.6 is 0 Å². The molecule has 0 unspecified atom stereocenters. The number of nitrogens with zero attached hydrogens (tertiary/aromatic N) is 2. The van der Waals surface area contributed by atoms with Crippen molar-refractivity contribution in [2.45, 2.75) is 19.8 Å². The van der Waals surface area contributed by atoms with E-state index in [2.05, 4.69) is 11.8 Å². The van der Waals surface area contributed by atoms with E-state index >= 15 is 0 Å². The third kappa shape index (κ3) is 3.77.